The maximum absolute atomic E-state index is 15.7. The van der Waals surface area contributed by atoms with Gasteiger partial charge in [-0.3, -0.25) is 14.5 Å². The molecule has 1 saturated carbocycles. The molecule has 8 N–H and O–H groups in total. The van der Waals surface area contributed by atoms with Crippen molar-refractivity contribution >= 4 is 17.4 Å². The van der Waals surface area contributed by atoms with E-state index in [9.17, 15) is 30.0 Å². The molecule has 4 aliphatic rings. The van der Waals surface area contributed by atoms with E-state index in [0.29, 0.717) is 0 Å². The van der Waals surface area contributed by atoms with E-state index in [0.717, 1.165) is 25.7 Å². The third-order valence-electron chi connectivity index (χ3n) is 8.73. The molecule has 4 atom stereocenters. The fourth-order valence-electron chi connectivity index (χ4n) is 6.92. The van der Waals surface area contributed by atoms with E-state index in [-0.39, 0.29) is 47.7 Å². The monoisotopic (exact) mass is 528 g/mol. The first-order valence-corrected chi connectivity index (χ1v) is 12.9. The number of aromatic hydroxyl groups is 1. The van der Waals surface area contributed by atoms with Crippen molar-refractivity contribution in [1.29, 1.82) is 5.41 Å². The SMILES string of the molecule is CN(C)[C@@H]1C(O)=C(C(N)=O)C(=N)[C@@]2(O)C(O)=C3C(=O)c4c(O)cc(CNC5CCCC5)c(F)c4C[C@H]3C[C@@H]12. The first-order valence-electron chi connectivity index (χ1n) is 12.9. The van der Waals surface area contributed by atoms with Crippen molar-refractivity contribution in [3.63, 3.8) is 0 Å². The average Bonchev–Trinajstić information content (AvgIpc) is 3.36. The Hall–Kier alpha value is -3.28. The van der Waals surface area contributed by atoms with Gasteiger partial charge in [0.2, 0.25) is 0 Å². The molecule has 10 nitrogen and oxygen atoms in total. The minimum atomic E-state index is -2.50. The Kier molecular flexibility index (Phi) is 6.36. The number of amides is 1. The van der Waals surface area contributed by atoms with E-state index in [1.807, 2.05) is 0 Å². The van der Waals surface area contributed by atoms with Crippen LogP contribution in [-0.4, -0.2) is 74.5 Å². The van der Waals surface area contributed by atoms with Gasteiger partial charge in [0.15, 0.2) is 11.4 Å². The lowest BCUT2D eigenvalue weighted by atomic mass is 9.58. The Bertz CT molecular complexity index is 1310. The van der Waals surface area contributed by atoms with Crippen molar-refractivity contribution in [2.24, 2.45) is 17.6 Å². The molecule has 0 unspecified atom stereocenters. The highest BCUT2D eigenvalue weighted by atomic mass is 19.1. The van der Waals surface area contributed by atoms with Gasteiger partial charge in [-0.15, -0.1) is 0 Å². The van der Waals surface area contributed by atoms with Gasteiger partial charge in [-0.2, -0.15) is 0 Å². The van der Waals surface area contributed by atoms with Crippen molar-refractivity contribution in [1.82, 2.24) is 10.2 Å². The van der Waals surface area contributed by atoms with Gasteiger partial charge in [0.1, 0.15) is 28.7 Å². The zero-order chi connectivity index (χ0) is 27.7. The number of rotatable bonds is 5. The van der Waals surface area contributed by atoms with Gasteiger partial charge in [-0.05, 0) is 51.8 Å². The smallest absolute Gasteiger partial charge is 0.254 e. The molecule has 1 amide bonds. The van der Waals surface area contributed by atoms with E-state index in [1.54, 1.807) is 14.1 Å². The summed E-state index contributed by atoms with van der Waals surface area (Å²) < 4.78 is 15.7. The van der Waals surface area contributed by atoms with Crippen LogP contribution in [0.1, 0.15) is 53.6 Å². The lowest BCUT2D eigenvalue weighted by Gasteiger charge is -2.51. The van der Waals surface area contributed by atoms with Crippen LogP contribution >= 0.6 is 0 Å². The zero-order valence-electron chi connectivity index (χ0n) is 21.3. The van der Waals surface area contributed by atoms with Gasteiger partial charge < -0.3 is 36.9 Å². The number of likely N-dealkylation sites (N-methyl/N-ethyl adjacent to an activating group) is 1. The second-order valence-electron chi connectivity index (χ2n) is 11.1. The zero-order valence-corrected chi connectivity index (χ0v) is 21.3. The number of phenolic OH excluding ortho intramolecular Hbond substituents is 1. The number of hydrogen-bond acceptors (Lipinski definition) is 9. The summed E-state index contributed by atoms with van der Waals surface area (Å²) in [7, 11) is 3.18. The number of nitrogens with zero attached hydrogens (tertiary/aromatic N) is 1. The van der Waals surface area contributed by atoms with Crippen LogP contribution in [0.4, 0.5) is 4.39 Å². The third kappa shape index (κ3) is 3.67. The number of primary amides is 1. The highest BCUT2D eigenvalue weighted by Crippen LogP contribution is 2.52. The number of aliphatic hydroxyl groups excluding tert-OH is 2. The number of hydrogen-bond donors (Lipinski definition) is 7. The maximum Gasteiger partial charge on any atom is 0.254 e. The average molecular weight is 529 g/mol. The fraction of sp³-hybridized carbons (Fsp3) is 0.519. The summed E-state index contributed by atoms with van der Waals surface area (Å²) in [6.45, 7) is 0.195. The Labute approximate surface area is 219 Å². The minimum absolute atomic E-state index is 0.00679. The number of aliphatic hydroxyl groups is 3. The molecule has 1 aromatic rings. The number of allylic oxidation sites excluding steroid dienone is 1. The van der Waals surface area contributed by atoms with Crippen LogP contribution in [0, 0.1) is 23.1 Å². The van der Waals surface area contributed by atoms with Crippen molar-refractivity contribution in [2.45, 2.75) is 62.8 Å². The minimum Gasteiger partial charge on any atom is -0.510 e. The molecule has 0 aliphatic heterocycles. The molecule has 204 valence electrons. The molecule has 0 heterocycles. The lowest BCUT2D eigenvalue weighted by molar-refractivity contribution is -0.114. The summed E-state index contributed by atoms with van der Waals surface area (Å²) in [5.74, 6) is -6.19. The predicted molar refractivity (Wildman–Crippen MR) is 135 cm³/mol. The molecular formula is C27H33FN4O6. The molecule has 5 rings (SSSR count). The van der Waals surface area contributed by atoms with Gasteiger partial charge in [-0.25, -0.2) is 4.39 Å². The number of fused-ring (bicyclic) bond motifs is 3. The number of halogens is 1. The number of carbonyl (C=O) groups is 2. The van der Waals surface area contributed by atoms with Crippen LogP contribution in [0.5, 0.6) is 5.75 Å². The van der Waals surface area contributed by atoms with Crippen molar-refractivity contribution in [3.05, 3.63) is 51.2 Å². The molecule has 0 saturated heterocycles. The van der Waals surface area contributed by atoms with Crippen LogP contribution < -0.4 is 11.1 Å². The van der Waals surface area contributed by atoms with Gasteiger partial charge in [0.05, 0.1) is 17.3 Å². The van der Waals surface area contributed by atoms with E-state index in [2.05, 4.69) is 5.32 Å². The molecule has 4 aliphatic carbocycles. The van der Waals surface area contributed by atoms with Crippen molar-refractivity contribution in [3.8, 4) is 5.75 Å². The largest absolute Gasteiger partial charge is 0.510 e. The number of phenols is 1. The van der Waals surface area contributed by atoms with E-state index < -0.39 is 69.5 Å². The van der Waals surface area contributed by atoms with E-state index in [1.165, 1.54) is 11.0 Å². The number of carbonyl (C=O) groups excluding carboxylic acids is 2. The second-order valence-corrected chi connectivity index (χ2v) is 11.1. The summed E-state index contributed by atoms with van der Waals surface area (Å²) in [6, 6.07) is 0.465. The van der Waals surface area contributed by atoms with Crippen LogP contribution in [0.2, 0.25) is 0 Å². The standard InChI is InChI=1S/C27H33FN4O6/c1-32(2)21-15-8-11-7-14-18(16(33)9-12(20(14)28)10-31-13-5-3-4-6-13)22(34)17(11)25(36)27(15,38)24(29)19(23(21)35)26(30)37/h9,11,13,15,21,29,31,33,35-36,38H,3-8,10H2,1-2H3,(H2,30,37)/t11-,15-,21-,27+/m0/s1. The third-order valence-corrected chi connectivity index (χ3v) is 8.73. The van der Waals surface area contributed by atoms with Crippen LogP contribution in [0.25, 0.3) is 0 Å². The van der Waals surface area contributed by atoms with Crippen molar-refractivity contribution in [2.75, 3.05) is 14.1 Å². The van der Waals surface area contributed by atoms with Gasteiger partial charge >= 0.3 is 0 Å². The molecule has 1 aromatic carbocycles. The van der Waals surface area contributed by atoms with E-state index >= 15 is 4.39 Å². The summed E-state index contributed by atoms with van der Waals surface area (Å²) in [5.41, 5.74) is 1.21. The van der Waals surface area contributed by atoms with Crippen LogP contribution in [-0.2, 0) is 17.8 Å². The highest BCUT2D eigenvalue weighted by molar-refractivity contribution is 6.26. The van der Waals surface area contributed by atoms with Gasteiger partial charge in [-0.1, -0.05) is 12.8 Å². The Balaban J connectivity index is 1.60. The number of benzene rings is 1. The number of ketones is 1. The first kappa shape index (κ1) is 26.3. The Morgan fingerprint density at radius 2 is 1.92 bits per heavy atom. The quantitative estimate of drug-likeness (QED) is 0.302. The highest BCUT2D eigenvalue weighted by Gasteiger charge is 2.61. The maximum atomic E-state index is 15.7. The van der Waals surface area contributed by atoms with Crippen molar-refractivity contribution < 1.29 is 34.4 Å². The first-order chi connectivity index (χ1) is 17.9. The summed E-state index contributed by atoms with van der Waals surface area (Å²) in [6.07, 6.45) is 4.16. The summed E-state index contributed by atoms with van der Waals surface area (Å²) >= 11 is 0. The summed E-state index contributed by atoms with van der Waals surface area (Å²) in [4.78, 5) is 27.3. The molecule has 0 aromatic heterocycles. The molecule has 0 bridgehead atoms. The van der Waals surface area contributed by atoms with E-state index in [4.69, 9.17) is 11.1 Å². The number of nitrogens with two attached hydrogens (primary N) is 1. The van der Waals surface area contributed by atoms with Gasteiger partial charge in [0, 0.05) is 35.2 Å². The predicted octanol–water partition coefficient (Wildman–Crippen LogP) is 1.74. The normalized spacial score (nSPS) is 29.6. The molecule has 1 fully saturated rings. The summed E-state index contributed by atoms with van der Waals surface area (Å²) in [5, 5.41) is 56.5. The molecular weight excluding hydrogens is 495 g/mol. The topological polar surface area (TPSA) is 180 Å². The number of Topliss-reactive ketones (excluding diaryl/α,β-unsaturated/α-hetero) is 1. The Morgan fingerprint density at radius 1 is 1.26 bits per heavy atom. The Morgan fingerprint density at radius 3 is 2.53 bits per heavy atom. The number of nitrogens with one attached hydrogen (secondary N) is 2. The van der Waals surface area contributed by atoms with Crippen LogP contribution in [0.3, 0.4) is 0 Å². The second kappa shape index (κ2) is 9.18. The molecule has 38 heavy (non-hydrogen) atoms. The molecule has 0 radical (unpaired) electrons. The lowest BCUT2D eigenvalue weighted by Crippen LogP contribution is -2.63. The molecule has 0 spiro atoms. The van der Waals surface area contributed by atoms with Crippen LogP contribution in [0.15, 0.2) is 28.7 Å². The van der Waals surface area contributed by atoms with Gasteiger partial charge in [0.25, 0.3) is 5.91 Å². The molecule has 11 heteroatoms. The fourth-order valence-corrected chi connectivity index (χ4v) is 6.92.